The third-order valence-corrected chi connectivity index (χ3v) is 2.17. The molecule has 0 fully saturated rings. The number of hydrogen-bond acceptors (Lipinski definition) is 3. The van der Waals surface area contributed by atoms with Gasteiger partial charge in [0.25, 0.3) is 0 Å². The molecule has 13 heavy (non-hydrogen) atoms. The van der Waals surface area contributed by atoms with Gasteiger partial charge in [-0.25, -0.2) is 9.97 Å². The van der Waals surface area contributed by atoms with E-state index >= 15 is 0 Å². The number of nitrogens with zero attached hydrogens (tertiary/aromatic N) is 2. The Bertz CT molecular complexity index is 335. The third kappa shape index (κ3) is 2.77. The van der Waals surface area contributed by atoms with Gasteiger partial charge in [0.05, 0.1) is 5.01 Å². The molecule has 2 aromatic rings. The van der Waals surface area contributed by atoms with Crippen molar-refractivity contribution in [3.63, 3.8) is 0 Å². The Morgan fingerprint density at radius 3 is 2.69 bits per heavy atom. The molecule has 2 aromatic heterocycles. The van der Waals surface area contributed by atoms with Crippen LogP contribution in [0.2, 0.25) is 0 Å². The van der Waals surface area contributed by atoms with E-state index < -0.39 is 0 Å². The summed E-state index contributed by atoms with van der Waals surface area (Å²) in [6.07, 6.45) is 3.04. The Labute approximate surface area is 82.7 Å². The number of rotatable bonds is 0. The summed E-state index contributed by atoms with van der Waals surface area (Å²) in [5.41, 5.74) is 1.00. The summed E-state index contributed by atoms with van der Waals surface area (Å²) < 4.78 is 0. The van der Waals surface area contributed by atoms with Gasteiger partial charge in [-0.05, 0) is 19.1 Å². The molecule has 0 radical (unpaired) electrons. The quantitative estimate of drug-likeness (QED) is 0.642. The van der Waals surface area contributed by atoms with Gasteiger partial charge in [0.1, 0.15) is 10.3 Å². The largest absolute Gasteiger partial charge is 0.244 e. The fourth-order valence-electron chi connectivity index (χ4n) is 0.878. The highest BCUT2D eigenvalue weighted by Crippen LogP contribution is 2.17. The van der Waals surface area contributed by atoms with E-state index in [1.807, 2.05) is 19.1 Å². The van der Waals surface area contributed by atoms with Crippen molar-refractivity contribution < 1.29 is 0 Å². The van der Waals surface area contributed by atoms with Crippen molar-refractivity contribution in [2.45, 2.75) is 27.2 Å². The molecular weight excluding hydrogens is 180 g/mol. The van der Waals surface area contributed by atoms with E-state index in [0.717, 1.165) is 15.4 Å². The molecule has 0 bridgehead atoms. The molecule has 70 valence electrons. The molecule has 0 unspecified atom stereocenters. The monoisotopic (exact) mass is 194 g/mol. The predicted octanol–water partition coefficient (Wildman–Crippen LogP) is 3.42. The van der Waals surface area contributed by atoms with E-state index in [1.165, 1.54) is 6.42 Å². The van der Waals surface area contributed by atoms with Crippen LogP contribution in [-0.2, 0) is 0 Å². The van der Waals surface area contributed by atoms with Crippen molar-refractivity contribution in [1.29, 1.82) is 0 Å². The van der Waals surface area contributed by atoms with Crippen LogP contribution in [0.15, 0.2) is 18.3 Å². The Kier molecular flexibility index (Phi) is 3.83. The van der Waals surface area contributed by atoms with Gasteiger partial charge in [0.2, 0.25) is 0 Å². The number of pyridine rings is 1. The number of thiazole rings is 1. The first kappa shape index (κ1) is 10.1. The minimum Gasteiger partial charge on any atom is -0.244 e. The second-order valence-corrected chi connectivity index (χ2v) is 3.95. The second kappa shape index (κ2) is 4.92. The van der Waals surface area contributed by atoms with E-state index in [4.69, 9.17) is 0 Å². The average molecular weight is 194 g/mol. The van der Waals surface area contributed by atoms with Crippen molar-refractivity contribution in [2.24, 2.45) is 0 Å². The lowest BCUT2D eigenvalue weighted by Gasteiger charge is -1.80. The van der Waals surface area contributed by atoms with Crippen molar-refractivity contribution >= 4 is 21.7 Å². The van der Waals surface area contributed by atoms with Gasteiger partial charge < -0.3 is 0 Å². The van der Waals surface area contributed by atoms with Gasteiger partial charge in [-0.3, -0.25) is 0 Å². The zero-order valence-corrected chi connectivity index (χ0v) is 9.06. The SMILES string of the molecule is CCC.Cc1nc2cccnc2s1. The number of aryl methyl sites for hydroxylation is 1. The number of fused-ring (bicyclic) bond motifs is 1. The zero-order chi connectivity index (χ0) is 9.68. The van der Waals surface area contributed by atoms with Gasteiger partial charge >= 0.3 is 0 Å². The summed E-state index contributed by atoms with van der Waals surface area (Å²) in [7, 11) is 0. The second-order valence-electron chi connectivity index (χ2n) is 2.77. The molecule has 0 aliphatic rings. The minimum absolute atomic E-state index is 1.00. The predicted molar refractivity (Wildman–Crippen MR) is 58.1 cm³/mol. The molecule has 2 nitrogen and oxygen atoms in total. The van der Waals surface area contributed by atoms with E-state index in [2.05, 4.69) is 23.8 Å². The van der Waals surface area contributed by atoms with Crippen LogP contribution in [0.3, 0.4) is 0 Å². The van der Waals surface area contributed by atoms with Crippen molar-refractivity contribution in [2.75, 3.05) is 0 Å². The maximum Gasteiger partial charge on any atom is 0.143 e. The first-order chi connectivity index (χ1) is 6.27. The fraction of sp³-hybridized carbons (Fsp3) is 0.400. The summed E-state index contributed by atoms with van der Waals surface area (Å²) in [4.78, 5) is 9.46. The van der Waals surface area contributed by atoms with Crippen LogP contribution < -0.4 is 0 Å². The molecule has 2 heterocycles. The Balaban J connectivity index is 0.000000251. The molecule has 0 aromatic carbocycles. The van der Waals surface area contributed by atoms with Crippen molar-refractivity contribution in [3.05, 3.63) is 23.3 Å². The Hall–Kier alpha value is -0.960. The number of aromatic nitrogens is 2. The van der Waals surface area contributed by atoms with Gasteiger partial charge in [-0.2, -0.15) is 0 Å². The molecule has 0 spiro atoms. The van der Waals surface area contributed by atoms with Crippen LogP contribution in [0, 0.1) is 6.92 Å². The minimum atomic E-state index is 1.00. The molecule has 0 N–H and O–H groups in total. The van der Waals surface area contributed by atoms with Crippen LogP contribution in [-0.4, -0.2) is 9.97 Å². The number of hydrogen-bond donors (Lipinski definition) is 0. The zero-order valence-electron chi connectivity index (χ0n) is 8.24. The lowest BCUT2D eigenvalue weighted by atomic mass is 10.5. The Morgan fingerprint density at radius 1 is 1.38 bits per heavy atom. The summed E-state index contributed by atoms with van der Waals surface area (Å²) in [5, 5.41) is 1.08. The molecule has 0 saturated carbocycles. The van der Waals surface area contributed by atoms with Crippen LogP contribution in [0.25, 0.3) is 10.3 Å². The van der Waals surface area contributed by atoms with E-state index in [9.17, 15) is 0 Å². The molecule has 0 atom stereocenters. The van der Waals surface area contributed by atoms with Crippen molar-refractivity contribution in [1.82, 2.24) is 9.97 Å². The topological polar surface area (TPSA) is 25.8 Å². The van der Waals surface area contributed by atoms with Gasteiger partial charge in [-0.15, -0.1) is 0 Å². The fourth-order valence-corrected chi connectivity index (χ4v) is 1.63. The lowest BCUT2D eigenvalue weighted by molar-refractivity contribution is 1.09. The first-order valence-electron chi connectivity index (χ1n) is 4.46. The smallest absolute Gasteiger partial charge is 0.143 e. The van der Waals surface area contributed by atoms with Crippen LogP contribution in [0.5, 0.6) is 0 Å². The maximum absolute atomic E-state index is 4.27. The Morgan fingerprint density at radius 2 is 2.08 bits per heavy atom. The van der Waals surface area contributed by atoms with E-state index in [-0.39, 0.29) is 0 Å². The van der Waals surface area contributed by atoms with Crippen LogP contribution in [0.4, 0.5) is 0 Å². The van der Waals surface area contributed by atoms with Crippen LogP contribution >= 0.6 is 11.3 Å². The highest BCUT2D eigenvalue weighted by atomic mass is 32.1. The molecule has 2 rings (SSSR count). The summed E-state index contributed by atoms with van der Waals surface area (Å²) in [6, 6.07) is 3.88. The van der Waals surface area contributed by atoms with Gasteiger partial charge in [0, 0.05) is 6.20 Å². The van der Waals surface area contributed by atoms with E-state index in [1.54, 1.807) is 17.5 Å². The standard InChI is InChI=1S/C7H6N2S.C3H8/c1-5-9-6-3-2-4-8-7(6)10-5;1-3-2/h2-4H,1H3;3H2,1-2H3. The van der Waals surface area contributed by atoms with Crippen molar-refractivity contribution in [3.8, 4) is 0 Å². The summed E-state index contributed by atoms with van der Waals surface area (Å²) in [6.45, 7) is 6.24. The maximum atomic E-state index is 4.27. The van der Waals surface area contributed by atoms with Crippen LogP contribution in [0.1, 0.15) is 25.3 Å². The van der Waals surface area contributed by atoms with E-state index in [0.29, 0.717) is 0 Å². The highest BCUT2D eigenvalue weighted by Gasteiger charge is 1.97. The van der Waals surface area contributed by atoms with Gasteiger partial charge in [0.15, 0.2) is 0 Å². The molecule has 0 aliphatic carbocycles. The summed E-state index contributed by atoms with van der Waals surface area (Å²) >= 11 is 1.63. The van der Waals surface area contributed by atoms with Gasteiger partial charge in [-0.1, -0.05) is 31.6 Å². The molecule has 0 saturated heterocycles. The molecule has 0 amide bonds. The lowest BCUT2D eigenvalue weighted by Crippen LogP contribution is -1.69. The third-order valence-electron chi connectivity index (χ3n) is 1.27. The normalized spacial score (nSPS) is 9.46. The summed E-state index contributed by atoms with van der Waals surface area (Å²) in [5.74, 6) is 0. The average Bonchev–Trinajstić information content (AvgIpc) is 2.45. The first-order valence-corrected chi connectivity index (χ1v) is 5.27. The molecule has 3 heteroatoms. The molecular formula is C10H14N2S. The highest BCUT2D eigenvalue weighted by molar-refractivity contribution is 7.18. The molecule has 0 aliphatic heterocycles.